The van der Waals surface area contributed by atoms with Gasteiger partial charge < -0.3 is 10.3 Å². The molecule has 1 aromatic heterocycles. The normalized spacial score (nSPS) is 12.0. The van der Waals surface area contributed by atoms with E-state index in [1.165, 1.54) is 4.57 Å². The number of nitrogens with one attached hydrogen (secondary N) is 2. The molecule has 33 heavy (non-hydrogen) atoms. The van der Waals surface area contributed by atoms with Crippen molar-refractivity contribution in [3.05, 3.63) is 117 Å². The van der Waals surface area contributed by atoms with E-state index in [0.29, 0.717) is 22.2 Å². The maximum absolute atomic E-state index is 13.1. The lowest BCUT2D eigenvalue weighted by molar-refractivity contribution is 0.0940. The van der Waals surface area contributed by atoms with Crippen LogP contribution < -0.4 is 10.9 Å². The molecular weight excluding hydrogens is 430 g/mol. The smallest absolute Gasteiger partial charge is 0.266 e. The summed E-state index contributed by atoms with van der Waals surface area (Å²) in [6.45, 7) is 1.96. The van der Waals surface area contributed by atoms with Crippen LogP contribution in [0.25, 0.3) is 27.4 Å². The van der Waals surface area contributed by atoms with E-state index in [9.17, 15) is 9.59 Å². The number of H-pyrrole nitrogens is 1. The number of fused-ring (bicyclic) bond motifs is 2. The van der Waals surface area contributed by atoms with Crippen molar-refractivity contribution in [3.8, 4) is 5.69 Å². The van der Waals surface area contributed by atoms with Gasteiger partial charge in [-0.05, 0) is 65.8 Å². The third-order valence-electron chi connectivity index (χ3n) is 5.81. The van der Waals surface area contributed by atoms with E-state index in [4.69, 9.17) is 12.2 Å². The average molecular weight is 452 g/mol. The van der Waals surface area contributed by atoms with Gasteiger partial charge in [0, 0.05) is 5.56 Å². The molecule has 1 unspecified atom stereocenters. The molecule has 5 rings (SSSR count). The molecule has 4 aromatic carbocycles. The number of rotatable bonds is 4. The summed E-state index contributed by atoms with van der Waals surface area (Å²) in [6, 6.07) is 28.2. The van der Waals surface area contributed by atoms with Gasteiger partial charge in [-0.25, -0.2) is 0 Å². The van der Waals surface area contributed by atoms with Gasteiger partial charge >= 0.3 is 0 Å². The fourth-order valence-corrected chi connectivity index (χ4v) is 4.45. The van der Waals surface area contributed by atoms with Crippen molar-refractivity contribution in [2.24, 2.45) is 0 Å². The topological polar surface area (TPSA) is 66.9 Å². The van der Waals surface area contributed by atoms with Crippen LogP contribution in [-0.2, 0) is 0 Å². The van der Waals surface area contributed by atoms with Crippen LogP contribution in [0, 0.1) is 4.77 Å². The lowest BCUT2D eigenvalue weighted by Crippen LogP contribution is -2.27. The Bertz CT molecular complexity index is 1620. The maximum atomic E-state index is 13.1. The summed E-state index contributed by atoms with van der Waals surface area (Å²) >= 11 is 5.44. The minimum Gasteiger partial charge on any atom is -0.345 e. The van der Waals surface area contributed by atoms with Gasteiger partial charge in [0.2, 0.25) is 0 Å². The molecule has 0 radical (unpaired) electrons. The van der Waals surface area contributed by atoms with Crippen LogP contribution in [0.5, 0.6) is 0 Å². The van der Waals surface area contributed by atoms with Crippen LogP contribution in [0.4, 0.5) is 0 Å². The Morgan fingerprint density at radius 1 is 0.909 bits per heavy atom. The van der Waals surface area contributed by atoms with E-state index in [0.717, 1.165) is 16.3 Å². The number of hydrogen-bond donors (Lipinski definition) is 2. The molecule has 0 aliphatic carbocycles. The summed E-state index contributed by atoms with van der Waals surface area (Å²) < 4.78 is 1.74. The minimum absolute atomic E-state index is 0.191. The lowest BCUT2D eigenvalue weighted by Gasteiger charge is -2.17. The Hall–Kier alpha value is -4.03. The van der Waals surface area contributed by atoms with E-state index in [1.54, 1.807) is 18.2 Å². The molecule has 0 aliphatic rings. The number of nitrogens with zero attached hydrogens (tertiary/aromatic N) is 1. The molecule has 0 spiro atoms. The van der Waals surface area contributed by atoms with E-state index < -0.39 is 0 Å². The number of benzene rings is 4. The lowest BCUT2D eigenvalue weighted by atomic mass is 9.99. The van der Waals surface area contributed by atoms with Gasteiger partial charge in [-0.3, -0.25) is 14.2 Å². The highest BCUT2D eigenvalue weighted by Crippen LogP contribution is 2.24. The summed E-state index contributed by atoms with van der Waals surface area (Å²) in [5.41, 5.74) is 2.50. The first kappa shape index (κ1) is 20.8. The Labute approximate surface area is 195 Å². The van der Waals surface area contributed by atoms with Crippen molar-refractivity contribution in [2.45, 2.75) is 13.0 Å². The SMILES string of the molecule is CC(NC(=O)c1ccc2c(=O)n(-c3ccccc3)c(=S)[nH]c2c1)c1cccc2ccccc12. The molecular formula is C27H21N3O2S. The van der Waals surface area contributed by atoms with Crippen LogP contribution in [0.2, 0.25) is 0 Å². The Balaban J connectivity index is 1.48. The average Bonchev–Trinajstić information content (AvgIpc) is 2.84. The molecule has 162 valence electrons. The first-order chi connectivity index (χ1) is 16.0. The van der Waals surface area contributed by atoms with E-state index in [2.05, 4.69) is 28.5 Å². The largest absolute Gasteiger partial charge is 0.345 e. The molecule has 0 saturated heterocycles. The molecule has 1 atom stereocenters. The number of carbonyl (C=O) groups is 1. The molecule has 0 bridgehead atoms. The van der Waals surface area contributed by atoms with Gasteiger partial charge in [-0.1, -0.05) is 60.7 Å². The maximum Gasteiger partial charge on any atom is 0.266 e. The fourth-order valence-electron chi connectivity index (χ4n) is 4.16. The van der Waals surface area contributed by atoms with Gasteiger partial charge in [-0.15, -0.1) is 0 Å². The van der Waals surface area contributed by atoms with Crippen molar-refractivity contribution < 1.29 is 4.79 Å². The fraction of sp³-hybridized carbons (Fsp3) is 0.0741. The van der Waals surface area contributed by atoms with Crippen molar-refractivity contribution >= 4 is 39.8 Å². The number of aromatic nitrogens is 2. The standard InChI is InChI=1S/C27H21N3O2S/c1-17(21-13-7-9-18-8-5-6-12-22(18)21)28-25(31)19-14-15-23-24(16-19)29-27(33)30(26(23)32)20-10-3-2-4-11-20/h2-17H,1H3,(H,28,31)(H,29,33). The minimum atomic E-state index is -0.226. The number of para-hydroxylation sites is 1. The number of hydrogen-bond acceptors (Lipinski definition) is 3. The highest BCUT2D eigenvalue weighted by Gasteiger charge is 2.15. The summed E-state index contributed by atoms with van der Waals surface area (Å²) in [4.78, 5) is 29.2. The molecule has 0 saturated carbocycles. The molecule has 2 N–H and O–H groups in total. The molecule has 5 aromatic rings. The predicted octanol–water partition coefficient (Wildman–Crippen LogP) is 5.69. The number of aromatic amines is 1. The second kappa shape index (κ2) is 8.48. The zero-order valence-corrected chi connectivity index (χ0v) is 18.7. The molecule has 6 heteroatoms. The summed E-state index contributed by atoms with van der Waals surface area (Å²) in [7, 11) is 0. The highest BCUT2D eigenvalue weighted by atomic mass is 32.1. The highest BCUT2D eigenvalue weighted by molar-refractivity contribution is 7.71. The summed E-state index contributed by atoms with van der Waals surface area (Å²) in [5.74, 6) is -0.219. The third-order valence-corrected chi connectivity index (χ3v) is 6.10. The second-order valence-electron chi connectivity index (χ2n) is 7.93. The molecule has 1 amide bonds. The van der Waals surface area contributed by atoms with Gasteiger partial charge in [0.25, 0.3) is 11.5 Å². The van der Waals surface area contributed by atoms with Crippen LogP contribution in [-0.4, -0.2) is 15.5 Å². The van der Waals surface area contributed by atoms with Gasteiger partial charge in [0.05, 0.1) is 22.6 Å². The van der Waals surface area contributed by atoms with Crippen LogP contribution in [0.3, 0.4) is 0 Å². The van der Waals surface area contributed by atoms with E-state index in [-0.39, 0.29) is 22.3 Å². The van der Waals surface area contributed by atoms with Gasteiger partial charge in [0.15, 0.2) is 4.77 Å². The third kappa shape index (κ3) is 3.85. The Morgan fingerprint density at radius 3 is 2.45 bits per heavy atom. The molecule has 0 fully saturated rings. The second-order valence-corrected chi connectivity index (χ2v) is 8.32. The molecule has 1 heterocycles. The quantitative estimate of drug-likeness (QED) is 0.345. The first-order valence-electron chi connectivity index (χ1n) is 10.7. The summed E-state index contributed by atoms with van der Waals surface area (Å²) in [6.07, 6.45) is 0. The van der Waals surface area contributed by atoms with Crippen LogP contribution in [0.1, 0.15) is 28.9 Å². The monoisotopic (exact) mass is 451 g/mol. The van der Waals surface area contributed by atoms with Crippen LogP contribution >= 0.6 is 12.2 Å². The van der Waals surface area contributed by atoms with E-state index >= 15 is 0 Å². The number of carbonyl (C=O) groups excluding carboxylic acids is 1. The zero-order valence-electron chi connectivity index (χ0n) is 17.9. The van der Waals surface area contributed by atoms with Gasteiger partial charge in [-0.2, -0.15) is 0 Å². The van der Waals surface area contributed by atoms with Gasteiger partial charge in [0.1, 0.15) is 0 Å². The van der Waals surface area contributed by atoms with Crippen molar-refractivity contribution in [3.63, 3.8) is 0 Å². The van der Waals surface area contributed by atoms with E-state index in [1.807, 2.05) is 61.5 Å². The Kier molecular flexibility index (Phi) is 5.36. The zero-order chi connectivity index (χ0) is 22.9. The van der Waals surface area contributed by atoms with Crippen molar-refractivity contribution in [1.82, 2.24) is 14.9 Å². The summed E-state index contributed by atoms with van der Waals surface area (Å²) in [5, 5.41) is 5.77. The Morgan fingerprint density at radius 2 is 1.64 bits per heavy atom. The molecule has 0 aliphatic heterocycles. The van der Waals surface area contributed by atoms with Crippen molar-refractivity contribution in [1.29, 1.82) is 0 Å². The van der Waals surface area contributed by atoms with Crippen molar-refractivity contribution in [2.75, 3.05) is 0 Å². The predicted molar refractivity (Wildman–Crippen MR) is 135 cm³/mol. The number of amides is 1. The first-order valence-corrected chi connectivity index (χ1v) is 11.1. The molecule has 5 nitrogen and oxygen atoms in total. The van der Waals surface area contributed by atoms with Crippen LogP contribution in [0.15, 0.2) is 95.8 Å².